The Morgan fingerprint density at radius 2 is 1.85 bits per heavy atom. The van der Waals surface area contributed by atoms with E-state index in [4.69, 9.17) is 10.9 Å². The van der Waals surface area contributed by atoms with Crippen LogP contribution in [0.2, 0.25) is 0 Å². The summed E-state index contributed by atoms with van der Waals surface area (Å²) in [6, 6.07) is 13.2. The van der Waals surface area contributed by atoms with Crippen LogP contribution < -0.4 is 11.5 Å². The third-order valence-electron chi connectivity index (χ3n) is 5.47. The number of para-hydroxylation sites is 1. The van der Waals surface area contributed by atoms with Crippen molar-refractivity contribution in [3.63, 3.8) is 0 Å². The summed E-state index contributed by atoms with van der Waals surface area (Å²) in [5, 5.41) is 0.567. The highest BCUT2D eigenvalue weighted by Gasteiger charge is 2.17. The van der Waals surface area contributed by atoms with Gasteiger partial charge in [-0.25, -0.2) is 25.8 Å². The summed E-state index contributed by atoms with van der Waals surface area (Å²) in [6.45, 7) is 4.03. The van der Waals surface area contributed by atoms with Gasteiger partial charge in [-0.1, -0.05) is 30.3 Å². The molecule has 5 rings (SSSR count). The molecule has 0 saturated heterocycles. The highest BCUT2D eigenvalue weighted by molar-refractivity contribution is 7.69. The number of benzene rings is 2. The van der Waals surface area contributed by atoms with Gasteiger partial charge in [-0.2, -0.15) is 0 Å². The minimum atomic E-state index is -2.11. The predicted molar refractivity (Wildman–Crippen MR) is 127 cm³/mol. The molecule has 0 amide bonds. The average molecular weight is 476 g/mol. The Morgan fingerprint density at radius 1 is 1.06 bits per heavy atom. The second-order valence-corrected chi connectivity index (χ2v) is 8.38. The number of hydrogen-bond donors (Lipinski definition) is 1. The molecule has 0 aliphatic heterocycles. The minimum Gasteiger partial charge on any atom is -0.416 e. The maximum Gasteiger partial charge on any atom is 0.266 e. The Balaban J connectivity index is 1.74. The molecule has 12 heteroatoms. The van der Waals surface area contributed by atoms with Crippen LogP contribution in [0.15, 0.2) is 64.3 Å². The van der Waals surface area contributed by atoms with Crippen LogP contribution in [0, 0.1) is 13.8 Å². The van der Waals surface area contributed by atoms with Gasteiger partial charge in [0.15, 0.2) is 17.0 Å². The Morgan fingerprint density at radius 3 is 2.65 bits per heavy atom. The lowest BCUT2D eigenvalue weighted by Crippen LogP contribution is -2.26. The van der Waals surface area contributed by atoms with Crippen LogP contribution in [-0.2, 0) is 25.9 Å². The van der Waals surface area contributed by atoms with Crippen LogP contribution in [0.3, 0.4) is 0 Å². The molecule has 11 nitrogen and oxygen atoms in total. The molecule has 0 unspecified atom stereocenters. The second-order valence-electron chi connectivity index (χ2n) is 7.57. The number of nitrogens with zero attached hydrogens (tertiary/aromatic N) is 7. The van der Waals surface area contributed by atoms with Gasteiger partial charge < -0.3 is 17.4 Å². The van der Waals surface area contributed by atoms with Crippen molar-refractivity contribution < 1.29 is 8.49 Å². The van der Waals surface area contributed by atoms with E-state index in [9.17, 15) is 9.00 Å². The van der Waals surface area contributed by atoms with Gasteiger partial charge in [-0.15, -0.1) is 0 Å². The summed E-state index contributed by atoms with van der Waals surface area (Å²) >= 11 is 0. The van der Waals surface area contributed by atoms with Crippen molar-refractivity contribution in [3.8, 4) is 5.69 Å². The normalized spacial score (nSPS) is 12.6. The number of hydrogen-bond acceptors (Lipinski definition) is 10. The lowest BCUT2D eigenvalue weighted by atomic mass is 10.1. The summed E-state index contributed by atoms with van der Waals surface area (Å²) in [6.07, 6.45) is 2.82. The molecule has 3 heterocycles. The highest BCUT2D eigenvalue weighted by Crippen LogP contribution is 2.23. The number of rotatable bonds is 5. The molecular weight excluding hydrogens is 456 g/mol. The van der Waals surface area contributed by atoms with E-state index in [1.165, 1.54) is 6.33 Å². The van der Waals surface area contributed by atoms with Crippen LogP contribution in [0.4, 0.5) is 5.82 Å². The van der Waals surface area contributed by atoms with Crippen LogP contribution in [0.1, 0.15) is 17.0 Å². The van der Waals surface area contributed by atoms with Crippen molar-refractivity contribution in [1.29, 1.82) is 0 Å². The highest BCUT2D eigenvalue weighted by atomic mass is 32.2. The Hall–Kier alpha value is -4.00. The van der Waals surface area contributed by atoms with Gasteiger partial charge in [0.05, 0.1) is 29.5 Å². The van der Waals surface area contributed by atoms with Crippen molar-refractivity contribution >= 4 is 38.8 Å². The first-order chi connectivity index (χ1) is 16.5. The molecule has 0 bridgehead atoms. The molecule has 0 aliphatic carbocycles. The van der Waals surface area contributed by atoms with E-state index in [-0.39, 0.29) is 17.9 Å². The molecule has 0 atom stereocenters. The zero-order chi connectivity index (χ0) is 23.8. The van der Waals surface area contributed by atoms with E-state index in [0.29, 0.717) is 27.9 Å². The quantitative estimate of drug-likeness (QED) is 0.302. The van der Waals surface area contributed by atoms with Crippen LogP contribution in [-0.4, -0.2) is 29.1 Å². The van der Waals surface area contributed by atoms with Crippen LogP contribution in [0.5, 0.6) is 0 Å². The zero-order valence-corrected chi connectivity index (χ0v) is 19.1. The topological polar surface area (TPSA) is 143 Å². The largest absolute Gasteiger partial charge is 0.416 e. The van der Waals surface area contributed by atoms with Gasteiger partial charge in [0.2, 0.25) is 0 Å². The maximum atomic E-state index is 13.7. The van der Waals surface area contributed by atoms with Crippen molar-refractivity contribution in [3.05, 3.63) is 82.4 Å². The van der Waals surface area contributed by atoms with Gasteiger partial charge >= 0.3 is 0 Å². The van der Waals surface area contributed by atoms with Crippen molar-refractivity contribution in [2.75, 3.05) is 0 Å². The van der Waals surface area contributed by atoms with E-state index >= 15 is 0 Å². The molecule has 34 heavy (non-hydrogen) atoms. The minimum absolute atomic E-state index is 0.0749. The predicted octanol–water partition coefficient (Wildman–Crippen LogP) is 2.77. The molecule has 0 aliphatic rings. The molecule has 0 spiro atoms. The summed E-state index contributed by atoms with van der Waals surface area (Å²) in [5.74, 6) is 5.50. The molecule has 0 radical (unpaired) electrons. The van der Waals surface area contributed by atoms with Crippen molar-refractivity contribution in [2.45, 2.75) is 20.4 Å². The van der Waals surface area contributed by atoms with Gasteiger partial charge in [-0.3, -0.25) is 9.36 Å². The molecule has 3 aromatic heterocycles. The summed E-state index contributed by atoms with van der Waals surface area (Å²) in [4.78, 5) is 31.2. The Kier molecular flexibility index (Phi) is 5.61. The molecule has 5 aromatic rings. The van der Waals surface area contributed by atoms with Gasteiger partial charge in [0.25, 0.3) is 5.56 Å². The Labute approximate surface area is 195 Å². The lowest BCUT2D eigenvalue weighted by molar-refractivity contribution is 0.365. The monoisotopic (exact) mass is 475 g/mol. The standard InChI is InChI=1S/C22H19N8O3S/c1-13-6-3-4-9-16(13)30-17(27-15-8-5-7-14(2)18(15)22(30)31)10-29-12-26-19-20(28-34(32)33-23)24-11-25-21(19)29/h3-9,11-12H,10,23H2,1-2H3/q-1. The van der Waals surface area contributed by atoms with Crippen LogP contribution >= 0.6 is 0 Å². The fourth-order valence-corrected chi connectivity index (χ4v) is 4.22. The summed E-state index contributed by atoms with van der Waals surface area (Å²) < 4.78 is 23.0. The molecular formula is C22H19N8O3S-. The summed E-state index contributed by atoms with van der Waals surface area (Å²) in [7, 11) is -2.11. The molecule has 0 fully saturated rings. The number of imidazole rings is 1. The smallest absolute Gasteiger partial charge is 0.266 e. The zero-order valence-electron chi connectivity index (χ0n) is 18.2. The maximum absolute atomic E-state index is 13.7. The number of nitrogens with two attached hydrogens (primary N) is 1. The molecule has 2 N–H and O–H groups in total. The third kappa shape index (κ3) is 3.73. The lowest BCUT2D eigenvalue weighted by Gasteiger charge is -2.16. The average Bonchev–Trinajstić information content (AvgIpc) is 3.24. The van der Waals surface area contributed by atoms with Gasteiger partial charge in [-0.05, 0) is 48.0 Å². The number of aromatic nitrogens is 6. The molecule has 172 valence electrons. The SMILES string of the molecule is Cc1ccccc1-n1c(Cn2cnc3c(N=[S-](=O)ON)ncnc32)nc2cccc(C)c2c1=O. The fourth-order valence-electron chi connectivity index (χ4n) is 3.91. The van der Waals surface area contributed by atoms with E-state index in [0.717, 1.165) is 16.8 Å². The van der Waals surface area contributed by atoms with Gasteiger partial charge in [0, 0.05) is 0 Å². The first-order valence-corrected chi connectivity index (χ1v) is 11.2. The first kappa shape index (κ1) is 21.8. The first-order valence-electron chi connectivity index (χ1n) is 10.2. The van der Waals surface area contributed by atoms with E-state index < -0.39 is 10.9 Å². The van der Waals surface area contributed by atoms with E-state index in [2.05, 4.69) is 23.6 Å². The number of fused-ring (bicyclic) bond motifs is 2. The van der Waals surface area contributed by atoms with Gasteiger partial charge in [0.1, 0.15) is 12.2 Å². The fraction of sp³-hybridized carbons (Fsp3) is 0.136. The second kappa shape index (κ2) is 8.74. The summed E-state index contributed by atoms with van der Waals surface area (Å²) in [5.41, 5.74) is 3.72. The van der Waals surface area contributed by atoms with E-state index in [1.807, 2.05) is 56.3 Å². The van der Waals surface area contributed by atoms with E-state index in [1.54, 1.807) is 15.5 Å². The number of aryl methyl sites for hydroxylation is 2. The molecule has 0 saturated carbocycles. The van der Waals surface area contributed by atoms with Crippen molar-refractivity contribution in [2.24, 2.45) is 10.3 Å². The Bertz CT molecular complexity index is 1700. The third-order valence-corrected chi connectivity index (χ3v) is 5.96. The molecule has 2 aromatic carbocycles. The van der Waals surface area contributed by atoms with Crippen molar-refractivity contribution in [1.82, 2.24) is 29.1 Å². The van der Waals surface area contributed by atoms with Crippen LogP contribution in [0.25, 0.3) is 27.8 Å².